The van der Waals surface area contributed by atoms with Gasteiger partial charge in [0.25, 0.3) is 0 Å². The van der Waals surface area contributed by atoms with Crippen molar-refractivity contribution in [1.82, 2.24) is 0 Å². The van der Waals surface area contributed by atoms with Gasteiger partial charge in [0.05, 0.1) is 7.11 Å². The van der Waals surface area contributed by atoms with E-state index in [1.807, 2.05) is 32.9 Å². The van der Waals surface area contributed by atoms with E-state index in [1.54, 1.807) is 14.0 Å². The maximum Gasteiger partial charge on any atom is 0.135 e. The predicted octanol–water partition coefficient (Wildman–Crippen LogP) is 10.2. The molecule has 0 N–H and O–H groups in total. The fraction of sp³-hybridized carbons (Fsp3) is 0.606. The monoisotopic (exact) mass is 484 g/mol. The van der Waals surface area contributed by atoms with Gasteiger partial charge < -0.3 is 4.74 Å². The number of rotatable bonds is 7. The van der Waals surface area contributed by atoms with Crippen LogP contribution in [0.5, 0.6) is 5.75 Å². The van der Waals surface area contributed by atoms with Gasteiger partial charge in [-0.1, -0.05) is 119 Å². The molecule has 0 aliphatic rings. The molecule has 0 aliphatic carbocycles. The summed E-state index contributed by atoms with van der Waals surface area (Å²) in [5, 5.41) is 0. The minimum Gasteiger partial charge on any atom is -0.497 e. The third-order valence-corrected chi connectivity index (χ3v) is 6.55. The molecule has 2 rings (SSSR count). The van der Waals surface area contributed by atoms with Gasteiger partial charge in [0.1, 0.15) is 11.5 Å². The van der Waals surface area contributed by atoms with Gasteiger partial charge in [0, 0.05) is 5.41 Å². The van der Waals surface area contributed by atoms with E-state index in [2.05, 4.69) is 91.8 Å². The molecule has 0 amide bonds. The predicted molar refractivity (Wildman–Crippen MR) is 157 cm³/mol. The van der Waals surface area contributed by atoms with Crippen molar-refractivity contribution in [3.8, 4) is 5.75 Å². The molecule has 0 bridgehead atoms. The Kier molecular flexibility index (Phi) is 18.3. The molecular formula is C33H56O2. The number of hydrogen-bond donors (Lipinski definition) is 0. The highest BCUT2D eigenvalue weighted by molar-refractivity contribution is 5.81. The minimum absolute atomic E-state index is 0.0556. The van der Waals surface area contributed by atoms with E-state index in [9.17, 15) is 4.79 Å². The summed E-state index contributed by atoms with van der Waals surface area (Å²) in [5.74, 6) is 1.88. The van der Waals surface area contributed by atoms with E-state index >= 15 is 0 Å². The highest BCUT2D eigenvalue weighted by Crippen LogP contribution is 2.26. The summed E-state index contributed by atoms with van der Waals surface area (Å²) < 4.78 is 5.05. The van der Waals surface area contributed by atoms with E-state index in [-0.39, 0.29) is 10.8 Å². The van der Waals surface area contributed by atoms with Crippen LogP contribution in [0.4, 0.5) is 0 Å². The average Bonchev–Trinajstić information content (AvgIpc) is 2.85. The number of methoxy groups -OCH3 is 1. The summed E-state index contributed by atoms with van der Waals surface area (Å²) in [6, 6.07) is 17.2. The third kappa shape index (κ3) is 14.2. The SMILES string of the molecule is CC.CC(C)c1ccc(C(C)(C)C)cc1.CCC(C)(CC)C(C)=O.CCCc1ccc(OC)cc1. The van der Waals surface area contributed by atoms with Crippen molar-refractivity contribution in [3.63, 3.8) is 0 Å². The highest BCUT2D eigenvalue weighted by Gasteiger charge is 2.24. The minimum atomic E-state index is -0.0556. The average molecular weight is 485 g/mol. The van der Waals surface area contributed by atoms with Crippen LogP contribution in [-0.4, -0.2) is 12.9 Å². The van der Waals surface area contributed by atoms with Gasteiger partial charge in [-0.2, -0.15) is 0 Å². The number of Topliss-reactive ketones (excluding diaryl/α,β-unsaturated/α-hetero) is 1. The summed E-state index contributed by atoms with van der Waals surface area (Å²) in [6.07, 6.45) is 4.27. The van der Waals surface area contributed by atoms with Crippen molar-refractivity contribution in [1.29, 1.82) is 0 Å². The second-order valence-corrected chi connectivity index (χ2v) is 10.4. The van der Waals surface area contributed by atoms with E-state index in [1.165, 1.54) is 23.1 Å². The highest BCUT2D eigenvalue weighted by atomic mass is 16.5. The molecule has 0 saturated carbocycles. The molecule has 0 fully saturated rings. The summed E-state index contributed by atoms with van der Waals surface area (Å²) in [7, 11) is 1.69. The molecule has 0 saturated heterocycles. The van der Waals surface area contributed by atoms with Gasteiger partial charge in [-0.3, -0.25) is 4.79 Å². The lowest BCUT2D eigenvalue weighted by Crippen LogP contribution is -2.23. The van der Waals surface area contributed by atoms with Crippen molar-refractivity contribution >= 4 is 5.78 Å². The molecule has 2 heteroatoms. The van der Waals surface area contributed by atoms with Crippen molar-refractivity contribution in [3.05, 3.63) is 65.2 Å². The first-order valence-corrected chi connectivity index (χ1v) is 13.6. The van der Waals surface area contributed by atoms with Crippen LogP contribution in [0.3, 0.4) is 0 Å². The molecule has 35 heavy (non-hydrogen) atoms. The fourth-order valence-corrected chi connectivity index (χ4v) is 3.20. The third-order valence-electron chi connectivity index (χ3n) is 6.55. The number of ether oxygens (including phenoxy) is 1. The van der Waals surface area contributed by atoms with Crippen molar-refractivity contribution in [2.75, 3.05) is 7.11 Å². The summed E-state index contributed by atoms with van der Waals surface area (Å²) in [4.78, 5) is 10.9. The first kappa shape index (κ1) is 35.1. The number of ketones is 1. The Morgan fingerprint density at radius 1 is 0.829 bits per heavy atom. The zero-order valence-electron chi connectivity index (χ0n) is 25.3. The molecule has 0 spiro atoms. The molecular weight excluding hydrogens is 428 g/mol. The van der Waals surface area contributed by atoms with E-state index in [0.29, 0.717) is 11.7 Å². The summed E-state index contributed by atoms with van der Waals surface area (Å²) >= 11 is 0. The maximum atomic E-state index is 10.9. The second kappa shape index (κ2) is 18.2. The lowest BCUT2D eigenvalue weighted by molar-refractivity contribution is -0.126. The Balaban J connectivity index is 0. The van der Waals surface area contributed by atoms with Gasteiger partial charge in [0.2, 0.25) is 0 Å². The zero-order valence-corrected chi connectivity index (χ0v) is 25.3. The Bertz CT molecular complexity index is 773. The van der Waals surface area contributed by atoms with Crippen LogP contribution in [0.1, 0.15) is 125 Å². The normalized spacial score (nSPS) is 10.7. The van der Waals surface area contributed by atoms with E-state index < -0.39 is 0 Å². The van der Waals surface area contributed by atoms with Crippen LogP contribution in [-0.2, 0) is 16.6 Å². The van der Waals surface area contributed by atoms with Gasteiger partial charge in [0.15, 0.2) is 0 Å². The van der Waals surface area contributed by atoms with Gasteiger partial charge in [-0.15, -0.1) is 0 Å². The quantitative estimate of drug-likeness (QED) is 0.390. The Hall–Kier alpha value is -2.09. The van der Waals surface area contributed by atoms with Crippen LogP contribution in [0.25, 0.3) is 0 Å². The molecule has 0 atom stereocenters. The van der Waals surface area contributed by atoms with Crippen molar-refractivity contribution < 1.29 is 9.53 Å². The standard InChI is InChI=1S/C13H20.C10H14O.C8H16O.C2H6/c1-10(2)11-6-8-12(9-7-11)13(3,4)5;1-3-4-9-5-7-10(11-2)8-6-9;1-5-8(4,6-2)7(3)9;1-2/h6-10H,1-5H3;5-8H,3-4H2,1-2H3;5-6H2,1-4H3;1-2H3. The molecule has 200 valence electrons. The van der Waals surface area contributed by atoms with E-state index in [4.69, 9.17) is 4.74 Å². The fourth-order valence-electron chi connectivity index (χ4n) is 3.20. The van der Waals surface area contributed by atoms with Crippen molar-refractivity contribution in [2.45, 2.75) is 120 Å². The molecule has 2 aromatic rings. The first-order valence-electron chi connectivity index (χ1n) is 13.6. The summed E-state index contributed by atoms with van der Waals surface area (Å²) in [5.41, 5.74) is 4.44. The number of carbonyl (C=O) groups is 1. The smallest absolute Gasteiger partial charge is 0.135 e. The number of hydrogen-bond acceptors (Lipinski definition) is 2. The lowest BCUT2D eigenvalue weighted by Gasteiger charge is -2.22. The number of aryl methyl sites for hydroxylation is 1. The van der Waals surface area contributed by atoms with Gasteiger partial charge >= 0.3 is 0 Å². The maximum absolute atomic E-state index is 10.9. The Morgan fingerprint density at radius 2 is 1.29 bits per heavy atom. The largest absolute Gasteiger partial charge is 0.497 e. The van der Waals surface area contributed by atoms with Gasteiger partial charge in [-0.25, -0.2) is 0 Å². The van der Waals surface area contributed by atoms with Crippen LogP contribution in [0.2, 0.25) is 0 Å². The van der Waals surface area contributed by atoms with Crippen LogP contribution >= 0.6 is 0 Å². The molecule has 0 heterocycles. The Morgan fingerprint density at radius 3 is 1.54 bits per heavy atom. The molecule has 2 nitrogen and oxygen atoms in total. The van der Waals surface area contributed by atoms with E-state index in [0.717, 1.165) is 25.0 Å². The summed E-state index contributed by atoms with van der Waals surface area (Å²) in [6.45, 7) is 25.2. The molecule has 0 radical (unpaired) electrons. The molecule has 0 aromatic heterocycles. The van der Waals surface area contributed by atoms with Crippen LogP contribution in [0.15, 0.2) is 48.5 Å². The van der Waals surface area contributed by atoms with Crippen LogP contribution < -0.4 is 4.74 Å². The topological polar surface area (TPSA) is 26.3 Å². The molecule has 0 unspecified atom stereocenters. The number of benzene rings is 2. The molecule has 2 aromatic carbocycles. The zero-order chi connectivity index (χ0) is 27.7. The molecule has 0 aliphatic heterocycles. The lowest BCUT2D eigenvalue weighted by atomic mass is 9.81. The van der Waals surface area contributed by atoms with Gasteiger partial charge in [-0.05, 0) is 66.3 Å². The number of carbonyl (C=O) groups excluding carboxylic acids is 1. The first-order chi connectivity index (χ1) is 16.3. The van der Waals surface area contributed by atoms with Crippen molar-refractivity contribution in [2.24, 2.45) is 5.41 Å². The van der Waals surface area contributed by atoms with Crippen LogP contribution in [0, 0.1) is 5.41 Å². The second-order valence-electron chi connectivity index (χ2n) is 10.4. The Labute approximate surface area is 218 Å².